The molecular weight excluding hydrogens is 391 g/mol. The molecule has 0 radical (unpaired) electrons. The van der Waals surface area contributed by atoms with Gasteiger partial charge in [-0.2, -0.15) is 0 Å². The van der Waals surface area contributed by atoms with Crippen LogP contribution in [0.4, 0.5) is 5.69 Å². The molecular formula is C19H18Cl2N2O2S. The first-order chi connectivity index (χ1) is 12.5. The standard InChI is InChI=1S/C19H18Cl2N2O2S/c20-13-3-6-15(7-4-13)26-12-18(24)22-17-11-14(21)5-8-16(17)19(25)23-9-1-2-10-23/h3-8,11H,1-2,9-10,12H2,(H,22,24). The molecule has 0 spiro atoms. The SMILES string of the molecule is O=C(CSc1ccc(Cl)cc1)Nc1cc(Cl)ccc1C(=O)N1CCCC1. The van der Waals surface area contributed by atoms with Crippen molar-refractivity contribution in [1.29, 1.82) is 0 Å². The van der Waals surface area contributed by atoms with Crippen LogP contribution in [0, 0.1) is 0 Å². The number of nitrogens with one attached hydrogen (secondary N) is 1. The fourth-order valence-electron chi connectivity index (χ4n) is 2.76. The lowest BCUT2D eigenvalue weighted by Gasteiger charge is -2.18. The number of anilines is 1. The minimum absolute atomic E-state index is 0.0696. The Morgan fingerprint density at radius 3 is 2.35 bits per heavy atom. The number of likely N-dealkylation sites (tertiary alicyclic amines) is 1. The predicted octanol–water partition coefficient (Wildman–Crippen LogP) is 4.96. The third-order valence-corrected chi connectivity index (χ3v) is 5.56. The van der Waals surface area contributed by atoms with Crippen molar-refractivity contribution in [2.75, 3.05) is 24.2 Å². The fraction of sp³-hybridized carbons (Fsp3) is 0.263. The van der Waals surface area contributed by atoms with Crippen LogP contribution < -0.4 is 5.32 Å². The van der Waals surface area contributed by atoms with Crippen LogP contribution in [0.5, 0.6) is 0 Å². The van der Waals surface area contributed by atoms with E-state index in [-0.39, 0.29) is 17.6 Å². The molecule has 2 aromatic rings. The van der Waals surface area contributed by atoms with Crippen LogP contribution in [-0.4, -0.2) is 35.6 Å². The molecule has 3 rings (SSSR count). The van der Waals surface area contributed by atoms with Gasteiger partial charge in [-0.05, 0) is 55.3 Å². The Bertz CT molecular complexity index is 806. The summed E-state index contributed by atoms with van der Waals surface area (Å²) in [4.78, 5) is 27.8. The molecule has 7 heteroatoms. The fourth-order valence-corrected chi connectivity index (χ4v) is 3.76. The monoisotopic (exact) mass is 408 g/mol. The van der Waals surface area contributed by atoms with Crippen molar-refractivity contribution in [3.8, 4) is 0 Å². The van der Waals surface area contributed by atoms with Gasteiger partial charge in [0.25, 0.3) is 5.91 Å². The molecule has 136 valence electrons. The third-order valence-electron chi connectivity index (χ3n) is 4.06. The molecule has 2 amide bonds. The number of halogens is 2. The number of hydrogen-bond donors (Lipinski definition) is 1. The van der Waals surface area contributed by atoms with Gasteiger partial charge in [-0.15, -0.1) is 11.8 Å². The highest BCUT2D eigenvalue weighted by atomic mass is 35.5. The molecule has 1 aliphatic heterocycles. The quantitative estimate of drug-likeness (QED) is 0.711. The summed E-state index contributed by atoms with van der Waals surface area (Å²) in [5.74, 6) is -0.0339. The Hall–Kier alpha value is -1.69. The van der Waals surface area contributed by atoms with Crippen LogP contribution in [0.3, 0.4) is 0 Å². The topological polar surface area (TPSA) is 49.4 Å². The predicted molar refractivity (Wildman–Crippen MR) is 107 cm³/mol. The number of hydrogen-bond acceptors (Lipinski definition) is 3. The summed E-state index contributed by atoms with van der Waals surface area (Å²) in [6, 6.07) is 12.3. The van der Waals surface area contributed by atoms with Crippen LogP contribution >= 0.6 is 35.0 Å². The van der Waals surface area contributed by atoms with Crippen LogP contribution in [-0.2, 0) is 4.79 Å². The molecule has 2 aromatic carbocycles. The summed E-state index contributed by atoms with van der Waals surface area (Å²) in [6.45, 7) is 1.50. The van der Waals surface area contributed by atoms with Crippen LogP contribution in [0.2, 0.25) is 10.0 Å². The van der Waals surface area contributed by atoms with E-state index in [2.05, 4.69) is 5.32 Å². The molecule has 0 aliphatic carbocycles. The zero-order chi connectivity index (χ0) is 18.5. The van der Waals surface area contributed by atoms with Gasteiger partial charge in [0.1, 0.15) is 0 Å². The maximum Gasteiger partial charge on any atom is 0.255 e. The van der Waals surface area contributed by atoms with Gasteiger partial charge in [0.15, 0.2) is 0 Å². The molecule has 1 aliphatic rings. The summed E-state index contributed by atoms with van der Waals surface area (Å²) < 4.78 is 0. The van der Waals surface area contributed by atoms with Gasteiger partial charge in [0.2, 0.25) is 5.91 Å². The van der Waals surface area contributed by atoms with Crippen molar-refractivity contribution in [2.24, 2.45) is 0 Å². The number of amides is 2. The van der Waals surface area contributed by atoms with Crippen molar-refractivity contribution in [1.82, 2.24) is 4.90 Å². The highest BCUT2D eigenvalue weighted by Gasteiger charge is 2.22. The smallest absolute Gasteiger partial charge is 0.255 e. The van der Waals surface area contributed by atoms with E-state index in [4.69, 9.17) is 23.2 Å². The lowest BCUT2D eigenvalue weighted by Crippen LogP contribution is -2.29. The Kier molecular flexibility index (Phi) is 6.46. The number of carbonyl (C=O) groups excluding carboxylic acids is 2. The van der Waals surface area contributed by atoms with Crippen molar-refractivity contribution in [2.45, 2.75) is 17.7 Å². The number of nitrogens with zero attached hydrogens (tertiary/aromatic N) is 1. The molecule has 1 heterocycles. The maximum atomic E-state index is 12.7. The molecule has 0 unspecified atom stereocenters. The zero-order valence-electron chi connectivity index (χ0n) is 14.0. The number of benzene rings is 2. The average Bonchev–Trinajstić information content (AvgIpc) is 3.15. The normalized spacial score (nSPS) is 13.7. The van der Waals surface area contributed by atoms with Gasteiger partial charge in [-0.1, -0.05) is 23.2 Å². The highest BCUT2D eigenvalue weighted by molar-refractivity contribution is 8.00. The second-order valence-corrected chi connectivity index (χ2v) is 7.90. The second-order valence-electron chi connectivity index (χ2n) is 5.98. The van der Waals surface area contributed by atoms with E-state index < -0.39 is 0 Å². The van der Waals surface area contributed by atoms with Crippen molar-refractivity contribution in [3.05, 3.63) is 58.1 Å². The first-order valence-corrected chi connectivity index (χ1v) is 10.0. The van der Waals surface area contributed by atoms with Gasteiger partial charge in [-0.25, -0.2) is 0 Å². The van der Waals surface area contributed by atoms with E-state index >= 15 is 0 Å². The summed E-state index contributed by atoms with van der Waals surface area (Å²) in [5, 5.41) is 3.95. The third kappa shape index (κ3) is 4.93. The average molecular weight is 409 g/mol. The zero-order valence-corrected chi connectivity index (χ0v) is 16.3. The molecule has 0 atom stereocenters. The van der Waals surface area contributed by atoms with Gasteiger partial charge >= 0.3 is 0 Å². The van der Waals surface area contributed by atoms with E-state index in [1.807, 2.05) is 12.1 Å². The van der Waals surface area contributed by atoms with Crippen LogP contribution in [0.25, 0.3) is 0 Å². The minimum atomic E-state index is -0.192. The lowest BCUT2D eigenvalue weighted by molar-refractivity contribution is -0.113. The Labute approximate surface area is 166 Å². The highest BCUT2D eigenvalue weighted by Crippen LogP contribution is 2.25. The Morgan fingerprint density at radius 2 is 1.65 bits per heavy atom. The summed E-state index contributed by atoms with van der Waals surface area (Å²) in [7, 11) is 0. The summed E-state index contributed by atoms with van der Waals surface area (Å²) in [5.41, 5.74) is 0.928. The van der Waals surface area contributed by atoms with Crippen LogP contribution in [0.1, 0.15) is 23.2 Å². The van der Waals surface area contributed by atoms with E-state index in [0.717, 1.165) is 30.8 Å². The molecule has 4 nitrogen and oxygen atoms in total. The molecule has 1 fully saturated rings. The van der Waals surface area contributed by atoms with E-state index in [1.165, 1.54) is 11.8 Å². The molecule has 0 saturated carbocycles. The molecule has 0 bridgehead atoms. The molecule has 1 saturated heterocycles. The minimum Gasteiger partial charge on any atom is -0.339 e. The number of rotatable bonds is 5. The lowest BCUT2D eigenvalue weighted by atomic mass is 10.1. The van der Waals surface area contributed by atoms with Gasteiger partial charge in [0, 0.05) is 28.0 Å². The number of thioether (sulfide) groups is 1. The van der Waals surface area contributed by atoms with E-state index in [1.54, 1.807) is 35.2 Å². The van der Waals surface area contributed by atoms with Gasteiger partial charge < -0.3 is 10.2 Å². The maximum absolute atomic E-state index is 12.7. The van der Waals surface area contributed by atoms with Gasteiger partial charge in [-0.3, -0.25) is 9.59 Å². The van der Waals surface area contributed by atoms with Crippen LogP contribution in [0.15, 0.2) is 47.4 Å². The summed E-state index contributed by atoms with van der Waals surface area (Å²) >= 11 is 13.3. The van der Waals surface area contributed by atoms with Crippen molar-refractivity contribution < 1.29 is 9.59 Å². The Balaban J connectivity index is 1.67. The van der Waals surface area contributed by atoms with E-state index in [0.29, 0.717) is 21.3 Å². The number of carbonyl (C=O) groups is 2. The van der Waals surface area contributed by atoms with Gasteiger partial charge in [0.05, 0.1) is 17.0 Å². The second kappa shape index (κ2) is 8.80. The van der Waals surface area contributed by atoms with Crippen molar-refractivity contribution in [3.63, 3.8) is 0 Å². The first kappa shape index (κ1) is 19.1. The first-order valence-electron chi connectivity index (χ1n) is 8.30. The molecule has 0 aromatic heterocycles. The summed E-state index contributed by atoms with van der Waals surface area (Å²) in [6.07, 6.45) is 2.03. The molecule has 26 heavy (non-hydrogen) atoms. The largest absolute Gasteiger partial charge is 0.339 e. The Morgan fingerprint density at radius 1 is 1.00 bits per heavy atom. The van der Waals surface area contributed by atoms with E-state index in [9.17, 15) is 9.59 Å². The van der Waals surface area contributed by atoms with Crippen molar-refractivity contribution >= 4 is 52.5 Å². The molecule has 1 N–H and O–H groups in total.